The first kappa shape index (κ1) is 14.8. The Bertz CT molecular complexity index is 907. The Morgan fingerprint density at radius 1 is 1.05 bits per heavy atom. The first-order chi connectivity index (χ1) is 10.5. The predicted molar refractivity (Wildman–Crippen MR) is 86.3 cm³/mol. The SMILES string of the molecule is Cc1ccc2nc(-c3ccc(Cl)c(Cl)c3)cc(C(=O)[O-])c2c1. The van der Waals surface area contributed by atoms with E-state index >= 15 is 0 Å². The number of pyridine rings is 1. The van der Waals surface area contributed by atoms with Gasteiger partial charge in [-0.1, -0.05) is 40.9 Å². The summed E-state index contributed by atoms with van der Waals surface area (Å²) in [5, 5.41) is 12.8. The van der Waals surface area contributed by atoms with E-state index in [1.165, 1.54) is 6.07 Å². The zero-order chi connectivity index (χ0) is 15.9. The molecule has 1 heterocycles. The molecule has 3 rings (SSSR count). The summed E-state index contributed by atoms with van der Waals surface area (Å²) in [6.45, 7) is 1.89. The molecule has 0 saturated carbocycles. The summed E-state index contributed by atoms with van der Waals surface area (Å²) in [7, 11) is 0. The van der Waals surface area contributed by atoms with Gasteiger partial charge in [-0.3, -0.25) is 0 Å². The Morgan fingerprint density at radius 2 is 1.82 bits per heavy atom. The minimum absolute atomic E-state index is 0.106. The first-order valence-electron chi connectivity index (χ1n) is 6.54. The van der Waals surface area contributed by atoms with Crippen molar-refractivity contribution in [3.05, 3.63) is 63.6 Å². The molecule has 1 aromatic heterocycles. The maximum atomic E-state index is 11.4. The summed E-state index contributed by atoms with van der Waals surface area (Å²) in [6, 6.07) is 12.0. The molecule has 0 bridgehead atoms. The molecular weight excluding hydrogens is 321 g/mol. The quantitative estimate of drug-likeness (QED) is 0.716. The van der Waals surface area contributed by atoms with Crippen LogP contribution >= 0.6 is 23.2 Å². The number of fused-ring (bicyclic) bond motifs is 1. The van der Waals surface area contributed by atoms with Gasteiger partial charge >= 0.3 is 0 Å². The second-order valence-electron chi connectivity index (χ2n) is 4.99. The van der Waals surface area contributed by atoms with Gasteiger partial charge in [-0.05, 0) is 37.3 Å². The molecule has 0 aliphatic carbocycles. The van der Waals surface area contributed by atoms with Crippen molar-refractivity contribution in [1.82, 2.24) is 4.98 Å². The molecule has 0 atom stereocenters. The molecule has 0 aliphatic rings. The monoisotopic (exact) mass is 330 g/mol. The number of carbonyl (C=O) groups is 1. The van der Waals surface area contributed by atoms with Crippen molar-refractivity contribution in [3.8, 4) is 11.3 Å². The highest BCUT2D eigenvalue weighted by molar-refractivity contribution is 6.42. The topological polar surface area (TPSA) is 53.0 Å². The van der Waals surface area contributed by atoms with Crippen LogP contribution < -0.4 is 5.11 Å². The van der Waals surface area contributed by atoms with Crippen molar-refractivity contribution in [2.24, 2.45) is 0 Å². The van der Waals surface area contributed by atoms with Gasteiger partial charge in [0.15, 0.2) is 0 Å². The smallest absolute Gasteiger partial charge is 0.0722 e. The predicted octanol–water partition coefficient (Wildman–Crippen LogP) is 3.88. The van der Waals surface area contributed by atoms with Crippen molar-refractivity contribution in [2.45, 2.75) is 6.92 Å². The molecule has 3 aromatic rings. The van der Waals surface area contributed by atoms with Crippen LogP contribution in [0.5, 0.6) is 0 Å². The third-order valence-corrected chi connectivity index (χ3v) is 4.14. The van der Waals surface area contributed by atoms with E-state index < -0.39 is 5.97 Å². The van der Waals surface area contributed by atoms with Gasteiger partial charge in [-0.15, -0.1) is 0 Å². The van der Waals surface area contributed by atoms with E-state index in [0.29, 0.717) is 32.2 Å². The minimum Gasteiger partial charge on any atom is -0.545 e. The number of halogens is 2. The number of rotatable bonds is 2. The number of aromatic carboxylic acids is 1. The van der Waals surface area contributed by atoms with Gasteiger partial charge in [0.05, 0.1) is 27.2 Å². The first-order valence-corrected chi connectivity index (χ1v) is 7.29. The van der Waals surface area contributed by atoms with Crippen LogP contribution in [-0.2, 0) is 0 Å². The molecule has 110 valence electrons. The highest BCUT2D eigenvalue weighted by Gasteiger charge is 2.10. The highest BCUT2D eigenvalue weighted by atomic mass is 35.5. The lowest BCUT2D eigenvalue weighted by Gasteiger charge is -2.11. The van der Waals surface area contributed by atoms with Crippen molar-refractivity contribution in [2.75, 3.05) is 0 Å². The summed E-state index contributed by atoms with van der Waals surface area (Å²) in [5.41, 5.74) is 2.86. The maximum absolute atomic E-state index is 11.4. The van der Waals surface area contributed by atoms with Gasteiger partial charge in [-0.25, -0.2) is 4.98 Å². The molecular formula is C17H10Cl2NO2-. The Morgan fingerprint density at radius 3 is 2.50 bits per heavy atom. The zero-order valence-corrected chi connectivity index (χ0v) is 13.1. The fraction of sp³-hybridized carbons (Fsp3) is 0.0588. The van der Waals surface area contributed by atoms with Crippen LogP contribution in [-0.4, -0.2) is 11.0 Å². The van der Waals surface area contributed by atoms with Gasteiger partial charge in [0, 0.05) is 16.5 Å². The van der Waals surface area contributed by atoms with Gasteiger partial charge in [-0.2, -0.15) is 0 Å². The molecule has 0 spiro atoms. The summed E-state index contributed by atoms with van der Waals surface area (Å²) in [5.74, 6) is -1.24. The van der Waals surface area contributed by atoms with E-state index in [0.717, 1.165) is 5.56 Å². The van der Waals surface area contributed by atoms with E-state index in [1.807, 2.05) is 13.0 Å². The minimum atomic E-state index is -1.24. The molecule has 0 saturated heterocycles. The van der Waals surface area contributed by atoms with Crippen LogP contribution in [0.1, 0.15) is 15.9 Å². The van der Waals surface area contributed by atoms with Crippen LogP contribution in [0.2, 0.25) is 10.0 Å². The average Bonchev–Trinajstić information content (AvgIpc) is 2.48. The number of carbonyl (C=O) groups excluding carboxylic acids is 1. The number of hydrogen-bond donors (Lipinski definition) is 0. The molecule has 3 nitrogen and oxygen atoms in total. The summed E-state index contributed by atoms with van der Waals surface area (Å²) >= 11 is 11.9. The Labute approximate surface area is 137 Å². The van der Waals surface area contributed by atoms with E-state index in [1.54, 1.807) is 30.3 Å². The number of carboxylic acid groups (broad SMARTS) is 1. The standard InChI is InChI=1S/C17H11Cl2NO2/c1-9-2-5-15-11(6-9)12(17(21)22)8-16(20-15)10-3-4-13(18)14(19)7-10/h2-8H,1H3,(H,21,22)/p-1. The number of hydrogen-bond acceptors (Lipinski definition) is 3. The second kappa shape index (κ2) is 5.59. The third-order valence-electron chi connectivity index (χ3n) is 3.40. The summed E-state index contributed by atoms with van der Waals surface area (Å²) < 4.78 is 0. The summed E-state index contributed by atoms with van der Waals surface area (Å²) in [4.78, 5) is 16.0. The number of benzene rings is 2. The molecule has 5 heteroatoms. The van der Waals surface area contributed by atoms with Crippen molar-refractivity contribution >= 4 is 40.1 Å². The third kappa shape index (κ3) is 2.65. The van der Waals surface area contributed by atoms with E-state index in [4.69, 9.17) is 23.2 Å². The van der Waals surface area contributed by atoms with E-state index in [-0.39, 0.29) is 5.56 Å². The van der Waals surface area contributed by atoms with Crippen LogP contribution in [0, 0.1) is 6.92 Å². The Hall–Kier alpha value is -2.10. The lowest BCUT2D eigenvalue weighted by atomic mass is 10.0. The van der Waals surface area contributed by atoms with Crippen LogP contribution in [0.15, 0.2) is 42.5 Å². The van der Waals surface area contributed by atoms with Crippen LogP contribution in [0.25, 0.3) is 22.2 Å². The van der Waals surface area contributed by atoms with Gasteiger partial charge in [0.1, 0.15) is 0 Å². The Kier molecular flexibility index (Phi) is 3.77. The van der Waals surface area contributed by atoms with Gasteiger partial charge < -0.3 is 9.90 Å². The lowest BCUT2D eigenvalue weighted by Crippen LogP contribution is -2.22. The molecule has 22 heavy (non-hydrogen) atoms. The Balaban J connectivity index is 2.29. The average molecular weight is 331 g/mol. The molecule has 2 aromatic carbocycles. The normalized spacial score (nSPS) is 10.9. The zero-order valence-electron chi connectivity index (χ0n) is 11.6. The second-order valence-corrected chi connectivity index (χ2v) is 5.81. The molecule has 0 fully saturated rings. The summed E-state index contributed by atoms with van der Waals surface area (Å²) in [6.07, 6.45) is 0. The van der Waals surface area contributed by atoms with Gasteiger partial charge in [0.25, 0.3) is 0 Å². The molecule has 0 unspecified atom stereocenters. The van der Waals surface area contributed by atoms with E-state index in [9.17, 15) is 9.90 Å². The molecule has 0 radical (unpaired) electrons. The van der Waals surface area contributed by atoms with Crippen LogP contribution in [0.4, 0.5) is 0 Å². The number of aromatic nitrogens is 1. The number of aryl methyl sites for hydroxylation is 1. The van der Waals surface area contributed by atoms with Crippen LogP contribution in [0.3, 0.4) is 0 Å². The largest absolute Gasteiger partial charge is 0.545 e. The van der Waals surface area contributed by atoms with E-state index in [2.05, 4.69) is 4.98 Å². The van der Waals surface area contributed by atoms with Crippen molar-refractivity contribution < 1.29 is 9.90 Å². The molecule has 0 aliphatic heterocycles. The fourth-order valence-corrected chi connectivity index (χ4v) is 2.61. The molecule has 0 amide bonds. The maximum Gasteiger partial charge on any atom is 0.0722 e. The molecule has 0 N–H and O–H groups in total. The lowest BCUT2D eigenvalue weighted by molar-refractivity contribution is -0.254. The van der Waals surface area contributed by atoms with Crippen molar-refractivity contribution in [1.29, 1.82) is 0 Å². The highest BCUT2D eigenvalue weighted by Crippen LogP contribution is 2.30. The fourth-order valence-electron chi connectivity index (χ4n) is 2.31. The van der Waals surface area contributed by atoms with Crippen molar-refractivity contribution in [3.63, 3.8) is 0 Å². The number of carboxylic acids is 1. The number of nitrogens with zero attached hydrogens (tertiary/aromatic N) is 1. The van der Waals surface area contributed by atoms with Gasteiger partial charge in [0.2, 0.25) is 0 Å².